The molecule has 44 heavy (non-hydrogen) atoms. The zero-order valence-corrected chi connectivity index (χ0v) is 27.4. The maximum atomic E-state index is 13.0. The van der Waals surface area contributed by atoms with E-state index in [0.717, 1.165) is 4.90 Å². The Labute approximate surface area is 275 Å². The van der Waals surface area contributed by atoms with E-state index in [-0.39, 0.29) is 23.9 Å². The van der Waals surface area contributed by atoms with E-state index in [1.54, 1.807) is 49.0 Å². The molecule has 3 aliphatic heterocycles. The van der Waals surface area contributed by atoms with Crippen molar-refractivity contribution in [1.82, 2.24) is 10.2 Å². The number of nitrogens with one attached hydrogen (secondary N) is 1. The highest BCUT2D eigenvalue weighted by Crippen LogP contribution is 2.42. The van der Waals surface area contributed by atoms with Gasteiger partial charge in [-0.2, -0.15) is 0 Å². The fourth-order valence-electron chi connectivity index (χ4n) is 4.96. The number of halogens is 2. The minimum Gasteiger partial charge on any atom is -0.479 e. The van der Waals surface area contributed by atoms with E-state index in [4.69, 9.17) is 32.7 Å². The Bertz CT molecular complexity index is 1520. The number of fused-ring (bicyclic) bond motifs is 1. The molecule has 16 heteroatoms. The van der Waals surface area contributed by atoms with Gasteiger partial charge in [0.1, 0.15) is 17.1 Å². The van der Waals surface area contributed by atoms with Gasteiger partial charge in [-0.1, -0.05) is 23.2 Å². The van der Waals surface area contributed by atoms with Crippen LogP contribution in [0.15, 0.2) is 63.8 Å². The van der Waals surface area contributed by atoms with Crippen LogP contribution in [0.25, 0.3) is 0 Å². The average molecular weight is 702 g/mol. The summed E-state index contributed by atoms with van der Waals surface area (Å²) < 4.78 is 13.0. The number of ether oxygens (including phenoxy) is 2. The van der Waals surface area contributed by atoms with Crippen molar-refractivity contribution in [3.05, 3.63) is 64.0 Å². The Morgan fingerprint density at radius 3 is 2.55 bits per heavy atom. The number of thioether (sulfide) groups is 3. The third-order valence-corrected chi connectivity index (χ3v) is 11.1. The van der Waals surface area contributed by atoms with Crippen LogP contribution in [0.1, 0.15) is 13.8 Å². The van der Waals surface area contributed by atoms with Gasteiger partial charge in [0.25, 0.3) is 5.91 Å². The molecular formula is C28H28Cl2N3O8S3+. The summed E-state index contributed by atoms with van der Waals surface area (Å²) in [6.07, 6.45) is 1.84. The van der Waals surface area contributed by atoms with Gasteiger partial charge in [0.05, 0.1) is 10.8 Å². The first kappa shape index (κ1) is 32.9. The molecule has 4 heterocycles. The monoisotopic (exact) mass is 700 g/mol. The molecule has 11 nitrogen and oxygen atoms in total. The number of aromatic nitrogens is 1. The minimum atomic E-state index is -1.20. The lowest BCUT2D eigenvalue weighted by Gasteiger charge is -2.49. The fraction of sp³-hybridized carbons (Fsp3) is 0.393. The molecule has 4 atom stereocenters. The molecule has 2 amide bonds. The van der Waals surface area contributed by atoms with Crippen LogP contribution >= 0.6 is 58.5 Å². The molecule has 0 spiro atoms. The summed E-state index contributed by atoms with van der Waals surface area (Å²) in [5.74, 6) is -3.37. The summed E-state index contributed by atoms with van der Waals surface area (Å²) in [6.45, 7) is 3.62. The molecule has 234 valence electrons. The molecule has 2 saturated heterocycles. The van der Waals surface area contributed by atoms with Crippen LogP contribution in [0.5, 0.6) is 0 Å². The number of aliphatic carboxylic acids is 2. The Kier molecular flexibility index (Phi) is 10.1. The number of amides is 2. The summed E-state index contributed by atoms with van der Waals surface area (Å²) >= 11 is 16.2. The molecule has 3 aliphatic rings. The Hall–Kier alpha value is -2.46. The zero-order valence-electron chi connectivity index (χ0n) is 23.4. The van der Waals surface area contributed by atoms with Crippen molar-refractivity contribution in [2.75, 3.05) is 17.3 Å². The molecule has 0 bridgehead atoms. The first-order valence-electron chi connectivity index (χ1n) is 13.3. The lowest BCUT2D eigenvalue weighted by atomic mass is 10.0. The van der Waals surface area contributed by atoms with Crippen molar-refractivity contribution in [2.24, 2.45) is 0 Å². The predicted octanol–water partition coefficient (Wildman–Crippen LogP) is 3.51. The number of benzene rings is 1. The lowest BCUT2D eigenvalue weighted by molar-refractivity contribution is -0.704. The van der Waals surface area contributed by atoms with Crippen molar-refractivity contribution in [3.8, 4) is 0 Å². The molecule has 2 aromatic rings. The van der Waals surface area contributed by atoms with Gasteiger partial charge in [-0.3, -0.25) is 14.5 Å². The van der Waals surface area contributed by atoms with Crippen molar-refractivity contribution < 1.29 is 43.4 Å². The minimum absolute atomic E-state index is 0.0153. The molecule has 5 rings (SSSR count). The van der Waals surface area contributed by atoms with Crippen LogP contribution in [-0.2, 0) is 35.2 Å². The van der Waals surface area contributed by atoms with Gasteiger partial charge >= 0.3 is 11.9 Å². The number of carbonyl (C=O) groups is 4. The standard InChI is InChI=1S/C28H27Cl2N3O8S3/c1-28(2)40-18(23(41-28)27(38)39)10-32-7-5-16(6-8-32)42-11-14-12-44-25-21(24(35)33(25)22(14)26(36)37)31-20(34)13-43-19-9-15(29)3-4-17(19)30/h3-9,18,21,23,25H,10-13H2,1-2H3,(H2-,31,34,36,37,38,39)/p+1/t18?,21-,23?,25+/m0/s1. The quantitative estimate of drug-likeness (QED) is 0.180. The highest BCUT2D eigenvalue weighted by molar-refractivity contribution is 8.01. The number of nitrogens with zero attached hydrogens (tertiary/aromatic N) is 2. The number of carboxylic acid groups (broad SMARTS) is 2. The summed E-state index contributed by atoms with van der Waals surface area (Å²) in [5.41, 5.74) is 0.552. The Balaban J connectivity index is 1.17. The molecule has 2 unspecified atom stereocenters. The summed E-state index contributed by atoms with van der Waals surface area (Å²) in [6, 6.07) is 7.81. The second-order valence-corrected chi connectivity index (χ2v) is 14.5. The van der Waals surface area contributed by atoms with Gasteiger partial charge in [0.2, 0.25) is 5.91 Å². The Morgan fingerprint density at radius 2 is 1.86 bits per heavy atom. The van der Waals surface area contributed by atoms with E-state index in [0.29, 0.717) is 32.0 Å². The maximum absolute atomic E-state index is 13.0. The van der Waals surface area contributed by atoms with E-state index in [1.165, 1.54) is 40.2 Å². The molecule has 2 fully saturated rings. The molecule has 1 aromatic carbocycles. The number of hydrogen-bond acceptors (Lipinski definition) is 9. The van der Waals surface area contributed by atoms with Crippen LogP contribution in [-0.4, -0.2) is 85.5 Å². The summed E-state index contributed by atoms with van der Waals surface area (Å²) in [4.78, 5) is 52.2. The van der Waals surface area contributed by atoms with Gasteiger partial charge < -0.3 is 25.0 Å². The van der Waals surface area contributed by atoms with Gasteiger partial charge in [0.15, 0.2) is 36.9 Å². The smallest absolute Gasteiger partial charge is 0.352 e. The van der Waals surface area contributed by atoms with Crippen LogP contribution < -0.4 is 9.88 Å². The largest absolute Gasteiger partial charge is 0.479 e. The van der Waals surface area contributed by atoms with Crippen LogP contribution in [0.3, 0.4) is 0 Å². The van der Waals surface area contributed by atoms with Crippen molar-refractivity contribution in [2.45, 2.75) is 59.6 Å². The second-order valence-electron chi connectivity index (χ2n) is 10.5. The highest BCUT2D eigenvalue weighted by atomic mass is 35.5. The first-order chi connectivity index (χ1) is 20.8. The highest BCUT2D eigenvalue weighted by Gasteiger charge is 2.54. The van der Waals surface area contributed by atoms with Crippen molar-refractivity contribution in [3.63, 3.8) is 0 Å². The average Bonchev–Trinajstić information content (AvgIpc) is 3.29. The van der Waals surface area contributed by atoms with Crippen molar-refractivity contribution in [1.29, 1.82) is 0 Å². The number of carbonyl (C=O) groups excluding carboxylic acids is 2. The van der Waals surface area contributed by atoms with E-state index in [2.05, 4.69) is 5.32 Å². The zero-order chi connectivity index (χ0) is 31.8. The van der Waals surface area contributed by atoms with Gasteiger partial charge in [-0.25, -0.2) is 14.2 Å². The van der Waals surface area contributed by atoms with E-state index >= 15 is 0 Å². The fourth-order valence-corrected chi connectivity index (χ4v) is 8.63. The van der Waals surface area contributed by atoms with E-state index in [9.17, 15) is 29.4 Å². The molecule has 3 N–H and O–H groups in total. The predicted molar refractivity (Wildman–Crippen MR) is 166 cm³/mol. The second kappa shape index (κ2) is 13.5. The lowest BCUT2D eigenvalue weighted by Crippen LogP contribution is -2.70. The Morgan fingerprint density at radius 1 is 1.14 bits per heavy atom. The molecule has 1 aromatic heterocycles. The summed E-state index contributed by atoms with van der Waals surface area (Å²) in [7, 11) is 0. The number of hydrogen-bond donors (Lipinski definition) is 3. The SMILES string of the molecule is CC1(C)OC(C[n+]2ccc(SCC3=C(C(=O)O)N4C(=O)[C@H](NC(=O)CSc5cc(Cl)ccc5Cl)[C@H]4SC3)cc2)C(C(=O)O)O1. The van der Waals surface area contributed by atoms with Crippen LogP contribution in [0, 0.1) is 0 Å². The third kappa shape index (κ3) is 7.33. The number of rotatable bonds is 11. The number of pyridine rings is 1. The van der Waals surface area contributed by atoms with Gasteiger partial charge in [0, 0.05) is 38.5 Å². The normalized spacial score (nSPS) is 24.1. The molecule has 0 saturated carbocycles. The molecule has 0 aliphatic carbocycles. The van der Waals surface area contributed by atoms with E-state index in [1.807, 2.05) is 12.1 Å². The third-order valence-electron chi connectivity index (χ3n) is 6.91. The van der Waals surface area contributed by atoms with Crippen molar-refractivity contribution >= 4 is 82.2 Å². The topological polar surface area (TPSA) is 146 Å². The number of β-lactam (4-membered cyclic amide) rings is 1. The van der Waals surface area contributed by atoms with Gasteiger partial charge in [-0.05, 0) is 37.6 Å². The van der Waals surface area contributed by atoms with Gasteiger partial charge in [-0.15, -0.1) is 35.3 Å². The van der Waals surface area contributed by atoms with E-state index < -0.39 is 47.3 Å². The number of carboxylic acids is 2. The summed E-state index contributed by atoms with van der Waals surface area (Å²) in [5, 5.41) is 22.6. The van der Waals surface area contributed by atoms with Crippen LogP contribution in [0.2, 0.25) is 10.0 Å². The first-order valence-corrected chi connectivity index (χ1v) is 17.1. The molecule has 0 radical (unpaired) electrons. The van der Waals surface area contributed by atoms with Crippen LogP contribution in [0.4, 0.5) is 0 Å². The molecular weight excluding hydrogens is 673 g/mol. The maximum Gasteiger partial charge on any atom is 0.352 e.